The summed E-state index contributed by atoms with van der Waals surface area (Å²) in [5.74, 6) is 0.809. The van der Waals surface area contributed by atoms with E-state index in [1.54, 1.807) is 0 Å². The van der Waals surface area contributed by atoms with Crippen molar-refractivity contribution in [1.29, 1.82) is 0 Å². The van der Waals surface area contributed by atoms with E-state index in [2.05, 4.69) is 33.3 Å². The zero-order valence-corrected chi connectivity index (χ0v) is 14.1. The van der Waals surface area contributed by atoms with E-state index in [0.717, 1.165) is 23.4 Å². The Morgan fingerprint density at radius 2 is 2.12 bits per heavy atom. The lowest BCUT2D eigenvalue weighted by Gasteiger charge is -2.33. The maximum absolute atomic E-state index is 12.1. The Morgan fingerprint density at radius 1 is 1.24 bits per heavy atom. The molecule has 1 aromatic carbocycles. The third-order valence-corrected chi connectivity index (χ3v) is 5.49. The molecule has 1 aliphatic carbocycles. The van der Waals surface area contributed by atoms with E-state index in [1.807, 2.05) is 18.2 Å². The average molecular weight is 335 g/mol. The van der Waals surface area contributed by atoms with Crippen LogP contribution in [0.15, 0.2) is 46.8 Å². The number of rotatable bonds is 2. The molecule has 5 nitrogen and oxygen atoms in total. The Hall–Kier alpha value is -2.40. The first-order chi connectivity index (χ1) is 12.3. The smallest absolute Gasteiger partial charge is 0.272 e. The molecule has 0 spiro atoms. The minimum absolute atomic E-state index is 0.0541. The number of piperidine rings is 1. The van der Waals surface area contributed by atoms with Gasteiger partial charge in [-0.15, -0.1) is 0 Å². The van der Waals surface area contributed by atoms with E-state index in [0.29, 0.717) is 5.39 Å². The van der Waals surface area contributed by atoms with Crippen LogP contribution in [0, 0.1) is 0 Å². The van der Waals surface area contributed by atoms with Crippen LogP contribution < -0.4 is 10.3 Å². The van der Waals surface area contributed by atoms with E-state index in [9.17, 15) is 4.79 Å². The fourth-order valence-corrected chi connectivity index (χ4v) is 4.25. The molecule has 5 rings (SSSR count). The fraction of sp³-hybridized carbons (Fsp3) is 0.400. The van der Waals surface area contributed by atoms with Crippen molar-refractivity contribution in [3.63, 3.8) is 0 Å². The molecule has 2 aromatic rings. The topological polar surface area (TPSA) is 58.2 Å². The molecule has 1 fully saturated rings. The molecule has 0 saturated carbocycles. The number of hydrogen-bond acceptors (Lipinski definition) is 4. The van der Waals surface area contributed by atoms with E-state index in [-0.39, 0.29) is 17.6 Å². The third kappa shape index (κ3) is 2.50. The van der Waals surface area contributed by atoms with Gasteiger partial charge >= 0.3 is 0 Å². The van der Waals surface area contributed by atoms with Crippen LogP contribution in [0.4, 0.5) is 0 Å². The van der Waals surface area contributed by atoms with Crippen molar-refractivity contribution in [2.75, 3.05) is 19.6 Å². The predicted octanol–water partition coefficient (Wildman–Crippen LogP) is 2.75. The van der Waals surface area contributed by atoms with Crippen LogP contribution in [0.2, 0.25) is 0 Å². The monoisotopic (exact) mass is 335 g/mol. The van der Waals surface area contributed by atoms with Crippen molar-refractivity contribution in [2.24, 2.45) is 0 Å². The molecule has 2 atom stereocenters. The van der Waals surface area contributed by atoms with Crippen LogP contribution >= 0.6 is 0 Å². The van der Waals surface area contributed by atoms with Gasteiger partial charge in [0.25, 0.3) is 5.56 Å². The molecule has 0 radical (unpaired) electrons. The molecule has 3 heterocycles. The first-order valence-electron chi connectivity index (χ1n) is 9.09. The molecule has 0 amide bonds. The van der Waals surface area contributed by atoms with Gasteiger partial charge in [0.2, 0.25) is 0 Å². The van der Waals surface area contributed by atoms with Gasteiger partial charge in [-0.3, -0.25) is 9.69 Å². The lowest BCUT2D eigenvalue weighted by Crippen LogP contribution is -2.34. The summed E-state index contributed by atoms with van der Waals surface area (Å²) in [6, 6.07) is 5.62. The molecule has 25 heavy (non-hydrogen) atoms. The highest BCUT2D eigenvalue weighted by atomic mass is 16.5. The molecule has 2 unspecified atom stereocenters. The Kier molecular flexibility index (Phi) is 3.48. The Morgan fingerprint density at radius 3 is 3.00 bits per heavy atom. The number of fused-ring (bicyclic) bond motifs is 2. The van der Waals surface area contributed by atoms with Gasteiger partial charge < -0.3 is 4.74 Å². The van der Waals surface area contributed by atoms with E-state index in [1.165, 1.54) is 37.9 Å². The molecular weight excluding hydrogens is 314 g/mol. The largest absolute Gasteiger partial charge is 0.485 e. The van der Waals surface area contributed by atoms with Crippen LogP contribution in [-0.2, 0) is 0 Å². The molecule has 2 aliphatic heterocycles. The Labute approximate surface area is 146 Å². The van der Waals surface area contributed by atoms with Crippen LogP contribution in [0.25, 0.3) is 10.8 Å². The number of nitrogens with zero attached hydrogens (tertiary/aromatic N) is 2. The summed E-state index contributed by atoms with van der Waals surface area (Å²) in [5.41, 5.74) is 2.07. The Bertz CT molecular complexity index is 938. The number of hydrogen-bond donors (Lipinski definition) is 1. The van der Waals surface area contributed by atoms with Gasteiger partial charge in [0, 0.05) is 6.54 Å². The summed E-state index contributed by atoms with van der Waals surface area (Å²) >= 11 is 0. The second-order valence-electron chi connectivity index (χ2n) is 7.16. The standard InChI is InChI=1S/C20H21N3O2/c24-20-14-5-4-6-17-18(14)19(21-22-20)15-11-13(7-8-16(15)25-17)12-23-9-2-1-3-10-23/h4-8,11,15-16H,1-3,9-10,12H2,(H,22,24). The SMILES string of the molecule is O=c1[nH]nc2c3c(cccc13)OC1C=CC(CN3CCCCC3)=CC21. The first kappa shape index (κ1) is 14.9. The second kappa shape index (κ2) is 5.85. The molecule has 1 aromatic heterocycles. The normalized spacial score (nSPS) is 25.4. The lowest BCUT2D eigenvalue weighted by atomic mass is 9.86. The first-order valence-corrected chi connectivity index (χ1v) is 9.09. The van der Waals surface area contributed by atoms with Crippen molar-refractivity contribution in [3.05, 3.63) is 58.0 Å². The average Bonchev–Trinajstić information content (AvgIpc) is 2.65. The van der Waals surface area contributed by atoms with Gasteiger partial charge in [-0.25, -0.2) is 5.10 Å². The van der Waals surface area contributed by atoms with Gasteiger partial charge in [-0.1, -0.05) is 24.6 Å². The molecule has 0 bridgehead atoms. The number of nitrogens with one attached hydrogen (secondary N) is 1. The van der Waals surface area contributed by atoms with Gasteiger partial charge in [0.1, 0.15) is 11.9 Å². The summed E-state index contributed by atoms with van der Waals surface area (Å²) in [6.45, 7) is 3.34. The quantitative estimate of drug-likeness (QED) is 0.917. The summed E-state index contributed by atoms with van der Waals surface area (Å²) in [4.78, 5) is 14.6. The van der Waals surface area contributed by atoms with E-state index >= 15 is 0 Å². The third-order valence-electron chi connectivity index (χ3n) is 5.49. The van der Waals surface area contributed by atoms with Gasteiger partial charge in [0.15, 0.2) is 0 Å². The van der Waals surface area contributed by atoms with Crippen molar-refractivity contribution < 1.29 is 4.74 Å². The number of likely N-dealkylation sites (tertiary alicyclic amines) is 1. The predicted molar refractivity (Wildman–Crippen MR) is 97.0 cm³/mol. The molecule has 1 saturated heterocycles. The summed E-state index contributed by atoms with van der Waals surface area (Å²) in [5, 5.41) is 8.56. The van der Waals surface area contributed by atoms with Crippen LogP contribution in [0.5, 0.6) is 5.75 Å². The highest BCUT2D eigenvalue weighted by Crippen LogP contribution is 2.41. The highest BCUT2D eigenvalue weighted by molar-refractivity contribution is 5.91. The molecular formula is C20H21N3O2. The van der Waals surface area contributed by atoms with Gasteiger partial charge in [-0.05, 0) is 49.7 Å². The molecule has 128 valence electrons. The van der Waals surface area contributed by atoms with Crippen LogP contribution in [0.3, 0.4) is 0 Å². The maximum atomic E-state index is 12.1. The summed E-state index contributed by atoms with van der Waals surface area (Å²) in [6.07, 6.45) is 10.5. The molecule has 1 N–H and O–H groups in total. The molecule has 5 heteroatoms. The summed E-state index contributed by atoms with van der Waals surface area (Å²) in [7, 11) is 0. The maximum Gasteiger partial charge on any atom is 0.272 e. The lowest BCUT2D eigenvalue weighted by molar-refractivity contribution is 0.220. The second-order valence-corrected chi connectivity index (χ2v) is 7.16. The zero-order chi connectivity index (χ0) is 16.8. The van der Waals surface area contributed by atoms with Crippen molar-refractivity contribution in [2.45, 2.75) is 31.3 Å². The zero-order valence-electron chi connectivity index (χ0n) is 14.1. The number of ether oxygens (including phenoxy) is 1. The summed E-state index contributed by atoms with van der Waals surface area (Å²) < 4.78 is 6.16. The minimum atomic E-state index is -0.161. The van der Waals surface area contributed by atoms with Crippen LogP contribution in [0.1, 0.15) is 30.9 Å². The van der Waals surface area contributed by atoms with Gasteiger partial charge in [0.05, 0.1) is 22.4 Å². The van der Waals surface area contributed by atoms with Crippen molar-refractivity contribution in [1.82, 2.24) is 15.1 Å². The highest BCUT2D eigenvalue weighted by Gasteiger charge is 2.33. The number of aromatic amines is 1. The van der Waals surface area contributed by atoms with Crippen LogP contribution in [-0.4, -0.2) is 40.8 Å². The van der Waals surface area contributed by atoms with Crippen molar-refractivity contribution in [3.8, 4) is 5.75 Å². The van der Waals surface area contributed by atoms with Gasteiger partial charge in [-0.2, -0.15) is 5.10 Å². The molecule has 3 aliphatic rings. The minimum Gasteiger partial charge on any atom is -0.485 e. The van der Waals surface area contributed by atoms with Crippen molar-refractivity contribution >= 4 is 10.8 Å². The Balaban J connectivity index is 1.54. The number of benzene rings is 1. The van der Waals surface area contributed by atoms with E-state index in [4.69, 9.17) is 4.74 Å². The number of H-pyrrole nitrogens is 1. The van der Waals surface area contributed by atoms with E-state index < -0.39 is 0 Å². The number of aromatic nitrogens is 2. The fourth-order valence-electron chi connectivity index (χ4n) is 4.25.